The van der Waals surface area contributed by atoms with Crippen molar-refractivity contribution < 1.29 is 14.3 Å². The number of ether oxygens (including phenoxy) is 2. The summed E-state index contributed by atoms with van der Waals surface area (Å²) in [5.74, 6) is 0.0924. The second-order valence-corrected chi connectivity index (χ2v) is 14.2. The molecule has 46 heavy (non-hydrogen) atoms. The van der Waals surface area contributed by atoms with E-state index in [1.165, 1.54) is 11.3 Å². The molecule has 6 rings (SSSR count). The van der Waals surface area contributed by atoms with Gasteiger partial charge in [-0.3, -0.25) is 9.36 Å². The summed E-state index contributed by atoms with van der Waals surface area (Å²) in [7, 11) is 0. The van der Waals surface area contributed by atoms with E-state index in [0.717, 1.165) is 19.2 Å². The van der Waals surface area contributed by atoms with Crippen LogP contribution in [0, 0.1) is 3.57 Å². The third kappa shape index (κ3) is 6.89. The Bertz CT molecular complexity index is 2150. The minimum Gasteiger partial charge on any atom is -0.487 e. The Labute approximate surface area is 300 Å². The average Bonchev–Trinajstić information content (AvgIpc) is 3.35. The number of halogens is 4. The molecule has 1 aliphatic heterocycles. The van der Waals surface area contributed by atoms with E-state index < -0.39 is 12.0 Å². The van der Waals surface area contributed by atoms with Crippen molar-refractivity contribution in [2.75, 3.05) is 6.61 Å². The number of carbonyl (C=O) groups excluding carboxylic acids is 1. The van der Waals surface area contributed by atoms with Crippen molar-refractivity contribution in [3.8, 4) is 5.75 Å². The van der Waals surface area contributed by atoms with Gasteiger partial charge in [0.2, 0.25) is 0 Å². The lowest BCUT2D eigenvalue weighted by molar-refractivity contribution is -0.138. The summed E-state index contributed by atoms with van der Waals surface area (Å²) in [6.45, 7) is 2.23. The molecule has 2 heterocycles. The Hall–Kier alpha value is -3.22. The summed E-state index contributed by atoms with van der Waals surface area (Å²) < 4.78 is 15.6. The third-order valence-corrected chi connectivity index (χ3v) is 9.93. The summed E-state index contributed by atoms with van der Waals surface area (Å²) >= 11 is 19.4. The van der Waals surface area contributed by atoms with Crippen molar-refractivity contribution in [2.24, 2.45) is 4.99 Å². The fraction of sp³-hybridized carbons (Fsp3) is 0.114. The Morgan fingerprint density at radius 2 is 1.70 bits per heavy atom. The minimum atomic E-state index is -0.798. The zero-order valence-electron chi connectivity index (χ0n) is 24.2. The minimum absolute atomic E-state index is 0.169. The van der Waals surface area contributed by atoms with Crippen molar-refractivity contribution in [2.45, 2.75) is 19.6 Å². The predicted octanol–water partition coefficient (Wildman–Crippen LogP) is 8.19. The fourth-order valence-corrected chi connectivity index (χ4v) is 8.07. The van der Waals surface area contributed by atoms with Crippen LogP contribution in [0.15, 0.2) is 111 Å². The van der Waals surface area contributed by atoms with Crippen molar-refractivity contribution in [1.29, 1.82) is 0 Å². The lowest BCUT2D eigenvalue weighted by atomic mass is 9.93. The molecule has 5 aromatic rings. The number of benzene rings is 4. The molecule has 0 aliphatic carbocycles. The number of rotatable bonds is 8. The molecule has 0 amide bonds. The standard InChI is InChI=1S/C35H24BrCl2IN2O4S/c1-2-44-34(43)29-30(21-6-4-3-5-7-21)40-35-41(31(29)22-10-14-26(38)15-11-22)33(42)28(46-35)17-23-16-24(36)18-27(39)32(23)45-19-20-8-12-25(37)13-9-20/h3-18,31H,2,19H2,1H3/b28-17-/t31-/m1/s1. The number of aromatic nitrogens is 1. The number of carbonyl (C=O) groups is 1. The fourth-order valence-electron chi connectivity index (χ4n) is 5.12. The van der Waals surface area contributed by atoms with E-state index >= 15 is 0 Å². The second kappa shape index (κ2) is 14.3. The first kappa shape index (κ1) is 32.7. The van der Waals surface area contributed by atoms with Gasteiger partial charge in [0.05, 0.1) is 32.0 Å². The second-order valence-electron chi connectivity index (χ2n) is 10.2. The molecule has 0 spiro atoms. The van der Waals surface area contributed by atoms with E-state index in [2.05, 4.69) is 38.5 Å². The van der Waals surface area contributed by atoms with Crippen LogP contribution < -0.4 is 19.6 Å². The quantitative estimate of drug-likeness (QED) is 0.117. The Morgan fingerprint density at radius 1 is 1.02 bits per heavy atom. The van der Waals surface area contributed by atoms with Crippen LogP contribution in [0.3, 0.4) is 0 Å². The maximum atomic E-state index is 14.3. The number of thiazole rings is 1. The van der Waals surface area contributed by atoms with Crippen LogP contribution in [0.2, 0.25) is 10.0 Å². The van der Waals surface area contributed by atoms with E-state index in [-0.39, 0.29) is 17.7 Å². The van der Waals surface area contributed by atoms with Crippen molar-refractivity contribution in [3.05, 3.63) is 157 Å². The number of esters is 1. The van der Waals surface area contributed by atoms with E-state index in [1.54, 1.807) is 23.6 Å². The smallest absolute Gasteiger partial charge is 0.338 e. The topological polar surface area (TPSA) is 69.9 Å². The number of fused-ring (bicyclic) bond motifs is 1. The number of hydrogen-bond donors (Lipinski definition) is 0. The van der Waals surface area contributed by atoms with Gasteiger partial charge in [-0.25, -0.2) is 9.79 Å². The normalized spacial score (nSPS) is 14.5. The van der Waals surface area contributed by atoms with E-state index in [9.17, 15) is 9.59 Å². The lowest BCUT2D eigenvalue weighted by Gasteiger charge is -2.26. The van der Waals surface area contributed by atoms with Crippen LogP contribution in [0.25, 0.3) is 11.8 Å². The van der Waals surface area contributed by atoms with Crippen molar-refractivity contribution >= 4 is 90.8 Å². The van der Waals surface area contributed by atoms with Gasteiger partial charge in [-0.05, 0) is 83.1 Å². The molecule has 1 aliphatic rings. The zero-order chi connectivity index (χ0) is 32.4. The Morgan fingerprint density at radius 3 is 2.37 bits per heavy atom. The molecular weight excluding hydrogens is 822 g/mol. The van der Waals surface area contributed by atoms with Crippen LogP contribution >= 0.6 is 73.1 Å². The van der Waals surface area contributed by atoms with Crippen LogP contribution in [0.4, 0.5) is 0 Å². The average molecular weight is 846 g/mol. The molecule has 0 N–H and O–H groups in total. The molecule has 0 saturated heterocycles. The van der Waals surface area contributed by atoms with Gasteiger partial charge in [-0.2, -0.15) is 0 Å². The number of nitrogens with zero attached hydrogens (tertiary/aromatic N) is 2. The molecule has 0 bridgehead atoms. The predicted molar refractivity (Wildman–Crippen MR) is 195 cm³/mol. The van der Waals surface area contributed by atoms with Gasteiger partial charge in [-0.15, -0.1) is 0 Å². The maximum Gasteiger partial charge on any atom is 0.338 e. The summed E-state index contributed by atoms with van der Waals surface area (Å²) in [5.41, 5.74) is 3.55. The van der Waals surface area contributed by atoms with Gasteiger partial charge < -0.3 is 9.47 Å². The molecule has 6 nitrogen and oxygen atoms in total. The monoisotopic (exact) mass is 844 g/mol. The molecular formula is C35H24BrCl2IN2O4S. The lowest BCUT2D eigenvalue weighted by Crippen LogP contribution is -2.40. The van der Waals surface area contributed by atoms with Crippen molar-refractivity contribution in [3.63, 3.8) is 0 Å². The number of hydrogen-bond acceptors (Lipinski definition) is 6. The van der Waals surface area contributed by atoms with E-state index in [4.69, 9.17) is 37.7 Å². The van der Waals surface area contributed by atoms with Gasteiger partial charge in [0, 0.05) is 25.6 Å². The molecule has 0 radical (unpaired) electrons. The first-order valence-electron chi connectivity index (χ1n) is 14.1. The van der Waals surface area contributed by atoms with Crippen LogP contribution in [-0.4, -0.2) is 17.1 Å². The van der Waals surface area contributed by atoms with E-state index in [1.807, 2.05) is 84.9 Å². The molecule has 4 aromatic carbocycles. The molecule has 232 valence electrons. The SMILES string of the molecule is CCOC(=O)C1=C(c2ccccc2)N=c2s/c(=C\c3cc(Br)cc(I)c3OCc3ccc(Cl)cc3)c(=O)n2[C@@H]1c1ccc(Cl)cc1. The van der Waals surface area contributed by atoms with Crippen molar-refractivity contribution in [1.82, 2.24) is 4.57 Å². The summed E-state index contributed by atoms with van der Waals surface area (Å²) in [6.07, 6.45) is 1.81. The summed E-state index contributed by atoms with van der Waals surface area (Å²) in [5, 5.41) is 1.19. The molecule has 1 atom stereocenters. The van der Waals surface area contributed by atoms with Crippen LogP contribution in [-0.2, 0) is 16.1 Å². The van der Waals surface area contributed by atoms with Crippen LogP contribution in [0.1, 0.15) is 35.2 Å². The van der Waals surface area contributed by atoms with Crippen LogP contribution in [0.5, 0.6) is 5.75 Å². The Balaban J connectivity index is 1.55. The largest absolute Gasteiger partial charge is 0.487 e. The molecule has 0 fully saturated rings. The molecule has 11 heteroatoms. The first-order chi connectivity index (χ1) is 22.2. The van der Waals surface area contributed by atoms with E-state index in [0.29, 0.717) is 48.6 Å². The maximum absolute atomic E-state index is 14.3. The van der Waals surface area contributed by atoms with Gasteiger partial charge in [0.25, 0.3) is 5.56 Å². The van der Waals surface area contributed by atoms with Gasteiger partial charge in [-0.1, -0.05) is 105 Å². The highest BCUT2D eigenvalue weighted by Gasteiger charge is 2.35. The molecule has 0 saturated carbocycles. The highest BCUT2D eigenvalue weighted by Crippen LogP contribution is 2.36. The van der Waals surface area contributed by atoms with Gasteiger partial charge >= 0.3 is 5.97 Å². The van der Waals surface area contributed by atoms with Gasteiger partial charge in [0.15, 0.2) is 4.80 Å². The third-order valence-electron chi connectivity index (χ3n) is 7.18. The Kier molecular flexibility index (Phi) is 10.1. The first-order valence-corrected chi connectivity index (χ1v) is 17.6. The van der Waals surface area contributed by atoms with Gasteiger partial charge in [0.1, 0.15) is 12.4 Å². The zero-order valence-corrected chi connectivity index (χ0v) is 30.2. The highest BCUT2D eigenvalue weighted by molar-refractivity contribution is 14.1. The highest BCUT2D eigenvalue weighted by atomic mass is 127. The molecule has 1 aromatic heterocycles. The summed E-state index contributed by atoms with van der Waals surface area (Å²) in [4.78, 5) is 33.4. The molecule has 0 unspecified atom stereocenters. The summed E-state index contributed by atoms with van der Waals surface area (Å²) in [6, 6.07) is 27.1.